The summed E-state index contributed by atoms with van der Waals surface area (Å²) < 4.78 is 2.49. The third-order valence-electron chi connectivity index (χ3n) is 5.07. The number of pyridine rings is 1. The Morgan fingerprint density at radius 3 is 2.47 bits per heavy atom. The summed E-state index contributed by atoms with van der Waals surface area (Å²) in [6, 6.07) is 21.7. The Morgan fingerprint density at radius 1 is 0.967 bits per heavy atom. The van der Waals surface area contributed by atoms with Crippen LogP contribution >= 0.6 is 23.5 Å². The number of imidazole rings is 1. The van der Waals surface area contributed by atoms with Gasteiger partial charge in [0, 0.05) is 29.2 Å². The van der Waals surface area contributed by atoms with E-state index in [0.717, 1.165) is 22.6 Å². The monoisotopic (exact) mass is 431 g/mol. The molecule has 2 aromatic carbocycles. The molecule has 6 heteroatoms. The highest BCUT2D eigenvalue weighted by molar-refractivity contribution is 8.16. The molecule has 0 radical (unpaired) electrons. The number of benzene rings is 2. The van der Waals surface area contributed by atoms with Crippen molar-refractivity contribution < 1.29 is 4.79 Å². The number of anilines is 1. The Bertz CT molecular complexity index is 1130. The lowest BCUT2D eigenvalue weighted by Crippen LogP contribution is -2.12. The molecule has 0 bridgehead atoms. The number of nitrogens with zero attached hydrogens (tertiary/aromatic N) is 2. The zero-order valence-electron chi connectivity index (χ0n) is 16.3. The topological polar surface area (TPSA) is 46.4 Å². The molecule has 0 saturated carbocycles. The van der Waals surface area contributed by atoms with Crippen LogP contribution in [0.3, 0.4) is 0 Å². The van der Waals surface area contributed by atoms with E-state index in [1.54, 1.807) is 0 Å². The number of thioether (sulfide) groups is 2. The van der Waals surface area contributed by atoms with Crippen molar-refractivity contribution in [3.63, 3.8) is 0 Å². The zero-order chi connectivity index (χ0) is 20.3. The lowest BCUT2D eigenvalue weighted by Gasteiger charge is -2.21. The van der Waals surface area contributed by atoms with Crippen molar-refractivity contribution in [2.24, 2.45) is 0 Å². The van der Waals surface area contributed by atoms with Crippen LogP contribution in [0.4, 0.5) is 5.69 Å². The van der Waals surface area contributed by atoms with Crippen molar-refractivity contribution in [3.8, 4) is 11.3 Å². The maximum absolute atomic E-state index is 12.6. The van der Waals surface area contributed by atoms with Crippen molar-refractivity contribution in [1.82, 2.24) is 9.38 Å². The quantitative estimate of drug-likeness (QED) is 0.423. The molecule has 0 aliphatic carbocycles. The number of aromatic nitrogens is 2. The van der Waals surface area contributed by atoms with Gasteiger partial charge in [0.25, 0.3) is 5.91 Å². The number of hydrogen-bond acceptors (Lipinski definition) is 4. The first-order valence-electron chi connectivity index (χ1n) is 9.95. The van der Waals surface area contributed by atoms with Gasteiger partial charge in [-0.2, -0.15) is 0 Å². The van der Waals surface area contributed by atoms with Gasteiger partial charge >= 0.3 is 0 Å². The van der Waals surface area contributed by atoms with Crippen LogP contribution in [-0.4, -0.2) is 26.8 Å². The van der Waals surface area contributed by atoms with E-state index < -0.39 is 0 Å². The van der Waals surface area contributed by atoms with Crippen LogP contribution in [0.5, 0.6) is 0 Å². The maximum Gasteiger partial charge on any atom is 0.255 e. The van der Waals surface area contributed by atoms with Gasteiger partial charge in [-0.15, -0.1) is 23.5 Å². The first kappa shape index (κ1) is 19.3. The summed E-state index contributed by atoms with van der Waals surface area (Å²) in [6.45, 7) is 0. The van der Waals surface area contributed by atoms with Gasteiger partial charge in [0.1, 0.15) is 5.65 Å². The van der Waals surface area contributed by atoms with Gasteiger partial charge in [-0.05, 0) is 59.9 Å². The predicted molar refractivity (Wildman–Crippen MR) is 127 cm³/mol. The highest BCUT2D eigenvalue weighted by Crippen LogP contribution is 2.43. The summed E-state index contributed by atoms with van der Waals surface area (Å²) in [5.74, 6) is 2.33. The van der Waals surface area contributed by atoms with Crippen LogP contribution in [0.2, 0.25) is 0 Å². The fourth-order valence-electron chi connectivity index (χ4n) is 3.47. The number of carbonyl (C=O) groups is 1. The first-order chi connectivity index (χ1) is 14.8. The molecule has 1 aliphatic heterocycles. The van der Waals surface area contributed by atoms with Gasteiger partial charge in [0.15, 0.2) is 0 Å². The summed E-state index contributed by atoms with van der Waals surface area (Å²) >= 11 is 3.98. The zero-order valence-corrected chi connectivity index (χ0v) is 18.0. The van der Waals surface area contributed by atoms with E-state index >= 15 is 0 Å². The summed E-state index contributed by atoms with van der Waals surface area (Å²) in [4.78, 5) is 17.3. The summed E-state index contributed by atoms with van der Waals surface area (Å²) in [5.41, 5.74) is 5.58. The minimum absolute atomic E-state index is 0.0917. The normalized spacial score (nSPS) is 14.7. The van der Waals surface area contributed by atoms with Gasteiger partial charge in [0.05, 0.1) is 10.3 Å². The van der Waals surface area contributed by atoms with Crippen LogP contribution in [0.25, 0.3) is 16.9 Å². The number of amides is 1. The van der Waals surface area contributed by atoms with E-state index in [2.05, 4.69) is 22.4 Å². The number of nitrogens with one attached hydrogen (secondary N) is 1. The molecule has 1 fully saturated rings. The van der Waals surface area contributed by atoms with Gasteiger partial charge in [-0.1, -0.05) is 30.3 Å². The second-order valence-corrected chi connectivity index (χ2v) is 9.90. The molecule has 150 valence electrons. The molecule has 4 aromatic rings. The highest BCUT2D eigenvalue weighted by atomic mass is 32.2. The molecular weight excluding hydrogens is 410 g/mol. The van der Waals surface area contributed by atoms with E-state index in [0.29, 0.717) is 10.1 Å². The molecule has 1 N–H and O–H groups in total. The predicted octanol–water partition coefficient (Wildman–Crippen LogP) is 6.12. The first-order valence-corrected chi connectivity index (χ1v) is 12.0. The van der Waals surface area contributed by atoms with Crippen LogP contribution in [0, 0.1) is 0 Å². The average molecular weight is 432 g/mol. The second kappa shape index (κ2) is 8.58. The molecule has 4 nitrogen and oxygen atoms in total. The van der Waals surface area contributed by atoms with E-state index in [9.17, 15) is 4.79 Å². The number of hydrogen-bond donors (Lipinski definition) is 1. The van der Waals surface area contributed by atoms with Crippen LogP contribution in [0.1, 0.15) is 26.9 Å². The number of rotatable bonds is 4. The lowest BCUT2D eigenvalue weighted by molar-refractivity contribution is 0.102. The SMILES string of the molecule is O=C(Nc1ccc(-c2cn3ccccc3n2)cc1)c1ccc(C2SCCCS2)cc1. The Morgan fingerprint density at radius 2 is 1.73 bits per heavy atom. The average Bonchev–Trinajstić information content (AvgIpc) is 3.25. The molecular formula is C24H21N3OS2. The molecule has 0 unspecified atom stereocenters. The van der Waals surface area contributed by atoms with Crippen LogP contribution < -0.4 is 5.32 Å². The smallest absolute Gasteiger partial charge is 0.255 e. The van der Waals surface area contributed by atoms with E-state index in [1.807, 2.05) is 94.9 Å². The molecule has 0 atom stereocenters. The Kier molecular flexibility index (Phi) is 5.51. The Balaban J connectivity index is 1.26. The molecule has 5 rings (SSSR count). The second-order valence-electron chi connectivity index (χ2n) is 7.17. The third kappa shape index (κ3) is 4.11. The minimum atomic E-state index is -0.0917. The Hall–Kier alpha value is -2.70. The third-order valence-corrected chi connectivity index (χ3v) is 8.09. The fraction of sp³-hybridized carbons (Fsp3) is 0.167. The van der Waals surface area contributed by atoms with Crippen molar-refractivity contribution in [1.29, 1.82) is 0 Å². The van der Waals surface area contributed by atoms with Crippen LogP contribution in [-0.2, 0) is 0 Å². The van der Waals surface area contributed by atoms with Gasteiger partial charge in [0.2, 0.25) is 0 Å². The number of carbonyl (C=O) groups excluding carboxylic acids is 1. The van der Waals surface area contributed by atoms with Gasteiger partial charge in [-0.25, -0.2) is 4.98 Å². The van der Waals surface area contributed by atoms with E-state index in [-0.39, 0.29) is 5.91 Å². The summed E-state index contributed by atoms with van der Waals surface area (Å²) in [6.07, 6.45) is 5.27. The van der Waals surface area contributed by atoms with Crippen molar-refractivity contribution in [2.45, 2.75) is 11.0 Å². The van der Waals surface area contributed by atoms with E-state index in [4.69, 9.17) is 0 Å². The molecule has 1 saturated heterocycles. The maximum atomic E-state index is 12.6. The highest BCUT2D eigenvalue weighted by Gasteiger charge is 2.17. The summed E-state index contributed by atoms with van der Waals surface area (Å²) in [5, 5.41) is 2.99. The van der Waals surface area contributed by atoms with Crippen LogP contribution in [0.15, 0.2) is 79.1 Å². The molecule has 30 heavy (non-hydrogen) atoms. The Labute approximate surface area is 184 Å². The summed E-state index contributed by atoms with van der Waals surface area (Å²) in [7, 11) is 0. The minimum Gasteiger partial charge on any atom is -0.322 e. The molecule has 2 aromatic heterocycles. The molecule has 3 heterocycles. The number of fused-ring (bicyclic) bond motifs is 1. The van der Waals surface area contributed by atoms with Crippen molar-refractivity contribution >= 4 is 40.8 Å². The molecule has 1 aliphatic rings. The van der Waals surface area contributed by atoms with Crippen molar-refractivity contribution in [2.75, 3.05) is 16.8 Å². The van der Waals surface area contributed by atoms with E-state index in [1.165, 1.54) is 23.5 Å². The van der Waals surface area contributed by atoms with Gasteiger partial charge in [-0.3, -0.25) is 4.79 Å². The molecule has 0 spiro atoms. The van der Waals surface area contributed by atoms with Crippen molar-refractivity contribution in [3.05, 3.63) is 90.3 Å². The molecule has 1 amide bonds. The lowest BCUT2D eigenvalue weighted by atomic mass is 10.1. The largest absolute Gasteiger partial charge is 0.322 e. The van der Waals surface area contributed by atoms with Gasteiger partial charge < -0.3 is 9.72 Å². The fourth-order valence-corrected chi connectivity index (χ4v) is 6.37. The standard InChI is InChI=1S/C24H21N3OS2/c28-23(18-5-7-19(8-6-18)24-29-14-3-15-30-24)25-20-11-9-17(10-12-20)21-16-27-13-2-1-4-22(27)26-21/h1-2,4-13,16,24H,3,14-15H2,(H,25,28).